The van der Waals surface area contributed by atoms with Gasteiger partial charge in [-0.25, -0.2) is 13.1 Å². The molecule has 0 spiro atoms. The maximum Gasteiger partial charge on any atom is 0.214 e. The van der Waals surface area contributed by atoms with Gasteiger partial charge < -0.3 is 4.90 Å². The maximum atomic E-state index is 12.1. The second-order valence-electron chi connectivity index (χ2n) is 5.41. The van der Waals surface area contributed by atoms with Crippen LogP contribution in [-0.2, 0) is 10.0 Å². The van der Waals surface area contributed by atoms with Crippen LogP contribution in [0.4, 0.5) is 0 Å². The third-order valence-electron chi connectivity index (χ3n) is 3.06. The van der Waals surface area contributed by atoms with Crippen molar-refractivity contribution in [2.24, 2.45) is 0 Å². The van der Waals surface area contributed by atoms with Crippen LogP contribution in [0.3, 0.4) is 0 Å². The Hall–Kier alpha value is -0.620. The van der Waals surface area contributed by atoms with E-state index in [9.17, 15) is 8.42 Å². The van der Waals surface area contributed by atoms with E-state index < -0.39 is 15.3 Å². The van der Waals surface area contributed by atoms with Crippen molar-refractivity contribution < 1.29 is 8.42 Å². The molecule has 0 aliphatic carbocycles. The molecule has 0 aliphatic rings. The largest absolute Gasteiger partial charge is 0.309 e. The first-order chi connectivity index (χ1) is 9.22. The molecule has 1 unspecified atom stereocenters. The molecule has 1 N–H and O–H groups in total. The molecule has 0 amide bonds. The molecule has 1 rings (SSSR count). The van der Waals surface area contributed by atoms with E-state index in [2.05, 4.69) is 4.72 Å². The highest BCUT2D eigenvalue weighted by atomic mass is 35.5. The first-order valence-electron chi connectivity index (χ1n) is 6.63. The monoisotopic (exact) mass is 318 g/mol. The first-order valence-corrected chi connectivity index (χ1v) is 8.56. The predicted molar refractivity (Wildman–Crippen MR) is 84.6 cm³/mol. The van der Waals surface area contributed by atoms with E-state index in [4.69, 9.17) is 11.6 Å². The first kappa shape index (κ1) is 17.4. The summed E-state index contributed by atoms with van der Waals surface area (Å²) in [5.41, 5.74) is 0.931. The third-order valence-corrected chi connectivity index (χ3v) is 5.17. The summed E-state index contributed by atoms with van der Waals surface area (Å²) in [6, 6.07) is 7.06. The molecule has 1 aromatic rings. The quantitative estimate of drug-likeness (QED) is 0.841. The number of hydrogen-bond acceptors (Lipinski definition) is 3. The minimum Gasteiger partial charge on any atom is -0.309 e. The lowest BCUT2D eigenvalue weighted by atomic mass is 10.0. The molecule has 114 valence electrons. The Balaban J connectivity index is 2.93. The Morgan fingerprint density at radius 1 is 1.20 bits per heavy atom. The van der Waals surface area contributed by atoms with Crippen LogP contribution in [0, 0.1) is 0 Å². The number of nitrogens with one attached hydrogen (secondary N) is 1. The molecule has 0 saturated carbocycles. The maximum absolute atomic E-state index is 12.1. The molecule has 0 aliphatic heterocycles. The van der Waals surface area contributed by atoms with Gasteiger partial charge in [-0.05, 0) is 58.6 Å². The molecule has 4 nitrogen and oxygen atoms in total. The zero-order valence-electron chi connectivity index (χ0n) is 12.4. The van der Waals surface area contributed by atoms with Crippen molar-refractivity contribution in [1.29, 1.82) is 0 Å². The summed E-state index contributed by atoms with van der Waals surface area (Å²) in [6.07, 6.45) is 0.709. The van der Waals surface area contributed by atoms with Gasteiger partial charge in [0.15, 0.2) is 0 Å². The zero-order chi connectivity index (χ0) is 15.3. The van der Waals surface area contributed by atoms with Crippen molar-refractivity contribution >= 4 is 21.6 Å². The highest BCUT2D eigenvalue weighted by Gasteiger charge is 2.22. The van der Waals surface area contributed by atoms with Gasteiger partial charge in [-0.1, -0.05) is 23.7 Å². The molecule has 0 aromatic heterocycles. The lowest BCUT2D eigenvalue weighted by Crippen LogP contribution is -2.35. The van der Waals surface area contributed by atoms with Crippen molar-refractivity contribution in [2.75, 3.05) is 20.6 Å². The number of rotatable bonds is 7. The smallest absolute Gasteiger partial charge is 0.214 e. The van der Waals surface area contributed by atoms with E-state index in [1.807, 2.05) is 31.1 Å². The summed E-state index contributed by atoms with van der Waals surface area (Å²) >= 11 is 5.88. The van der Waals surface area contributed by atoms with Gasteiger partial charge in [0.05, 0.1) is 5.25 Å². The molecule has 0 fully saturated rings. The second kappa shape index (κ2) is 7.41. The van der Waals surface area contributed by atoms with Crippen molar-refractivity contribution in [3.05, 3.63) is 34.9 Å². The minimum atomic E-state index is -3.31. The SMILES string of the molecule is CC(C)S(=O)(=O)NC(CCN(C)C)c1ccc(Cl)cc1. The van der Waals surface area contributed by atoms with Crippen LogP contribution in [0.1, 0.15) is 31.9 Å². The van der Waals surface area contributed by atoms with Gasteiger partial charge in [-0.3, -0.25) is 0 Å². The van der Waals surface area contributed by atoms with Gasteiger partial charge in [0, 0.05) is 11.1 Å². The van der Waals surface area contributed by atoms with E-state index in [1.54, 1.807) is 26.0 Å². The van der Waals surface area contributed by atoms with Crippen LogP contribution < -0.4 is 4.72 Å². The van der Waals surface area contributed by atoms with E-state index in [1.165, 1.54) is 0 Å². The van der Waals surface area contributed by atoms with Gasteiger partial charge in [-0.2, -0.15) is 0 Å². The lowest BCUT2D eigenvalue weighted by molar-refractivity contribution is 0.374. The molecule has 0 heterocycles. The van der Waals surface area contributed by atoms with Crippen LogP contribution >= 0.6 is 11.6 Å². The zero-order valence-corrected chi connectivity index (χ0v) is 14.0. The summed E-state index contributed by atoms with van der Waals surface area (Å²) < 4.78 is 26.9. The fourth-order valence-electron chi connectivity index (χ4n) is 1.71. The fraction of sp³-hybridized carbons (Fsp3) is 0.571. The predicted octanol–water partition coefficient (Wildman–Crippen LogP) is 2.66. The van der Waals surface area contributed by atoms with Crippen molar-refractivity contribution in [2.45, 2.75) is 31.6 Å². The summed E-state index contributed by atoms with van der Waals surface area (Å²) in [4.78, 5) is 2.03. The Morgan fingerprint density at radius 3 is 2.20 bits per heavy atom. The van der Waals surface area contributed by atoms with Crippen LogP contribution in [-0.4, -0.2) is 39.2 Å². The molecule has 1 aromatic carbocycles. The lowest BCUT2D eigenvalue weighted by Gasteiger charge is -2.22. The molecule has 0 saturated heterocycles. The van der Waals surface area contributed by atoms with Crippen LogP contribution in [0.2, 0.25) is 5.02 Å². The van der Waals surface area contributed by atoms with E-state index in [0.717, 1.165) is 12.1 Å². The number of sulfonamides is 1. The number of hydrogen-bond donors (Lipinski definition) is 1. The van der Waals surface area contributed by atoms with E-state index in [0.29, 0.717) is 11.4 Å². The molecule has 20 heavy (non-hydrogen) atoms. The van der Waals surface area contributed by atoms with Gasteiger partial charge in [-0.15, -0.1) is 0 Å². The summed E-state index contributed by atoms with van der Waals surface area (Å²) in [5.74, 6) is 0. The number of benzene rings is 1. The minimum absolute atomic E-state index is 0.234. The molecule has 6 heteroatoms. The molecular formula is C14H23ClN2O2S. The average molecular weight is 319 g/mol. The van der Waals surface area contributed by atoms with Crippen LogP contribution in [0.5, 0.6) is 0 Å². The Labute approximate surface area is 127 Å². The normalized spacial score (nSPS) is 13.9. The van der Waals surface area contributed by atoms with Crippen LogP contribution in [0.15, 0.2) is 24.3 Å². The Morgan fingerprint density at radius 2 is 1.75 bits per heavy atom. The van der Waals surface area contributed by atoms with E-state index >= 15 is 0 Å². The Bertz CT molecular complexity index is 512. The molecular weight excluding hydrogens is 296 g/mol. The number of nitrogens with zero attached hydrogens (tertiary/aromatic N) is 1. The van der Waals surface area contributed by atoms with Crippen molar-refractivity contribution in [3.8, 4) is 0 Å². The molecule has 0 radical (unpaired) electrons. The second-order valence-corrected chi connectivity index (χ2v) is 8.11. The summed E-state index contributed by atoms with van der Waals surface area (Å²) in [5, 5.41) is 0.198. The van der Waals surface area contributed by atoms with Gasteiger partial charge in [0.2, 0.25) is 10.0 Å². The highest BCUT2D eigenvalue weighted by Crippen LogP contribution is 2.21. The van der Waals surface area contributed by atoms with Gasteiger partial charge in [0.1, 0.15) is 0 Å². The van der Waals surface area contributed by atoms with Crippen molar-refractivity contribution in [1.82, 2.24) is 9.62 Å². The molecule has 0 bridgehead atoms. The Kier molecular flexibility index (Phi) is 6.45. The van der Waals surface area contributed by atoms with Gasteiger partial charge >= 0.3 is 0 Å². The molecule has 1 atom stereocenters. The van der Waals surface area contributed by atoms with E-state index in [-0.39, 0.29) is 6.04 Å². The standard InChI is InChI=1S/C14H23ClN2O2S/c1-11(2)20(18,19)16-14(9-10-17(3)4)12-5-7-13(15)8-6-12/h5-8,11,14,16H,9-10H2,1-4H3. The van der Waals surface area contributed by atoms with Crippen molar-refractivity contribution in [3.63, 3.8) is 0 Å². The average Bonchev–Trinajstić information content (AvgIpc) is 2.35. The fourth-order valence-corrected chi connectivity index (χ4v) is 2.76. The number of halogens is 1. The third kappa shape index (κ3) is 5.40. The summed E-state index contributed by atoms with van der Waals surface area (Å²) in [6.45, 7) is 4.15. The van der Waals surface area contributed by atoms with Gasteiger partial charge in [0.25, 0.3) is 0 Å². The topological polar surface area (TPSA) is 49.4 Å². The highest BCUT2D eigenvalue weighted by molar-refractivity contribution is 7.90. The van der Waals surface area contributed by atoms with Crippen LogP contribution in [0.25, 0.3) is 0 Å². The summed E-state index contributed by atoms with van der Waals surface area (Å²) in [7, 11) is 0.631.